The van der Waals surface area contributed by atoms with Gasteiger partial charge in [-0.05, 0) is 27.2 Å². The van der Waals surface area contributed by atoms with Crippen molar-refractivity contribution in [3.63, 3.8) is 0 Å². The molecule has 0 rings (SSSR count). The fourth-order valence-corrected chi connectivity index (χ4v) is 1.14. The van der Waals surface area contributed by atoms with Crippen molar-refractivity contribution in [3.8, 4) is 0 Å². The van der Waals surface area contributed by atoms with Crippen LogP contribution in [0.25, 0.3) is 0 Å². The van der Waals surface area contributed by atoms with E-state index in [0.717, 1.165) is 4.90 Å². The molecule has 6 heteroatoms. The number of urea groups is 1. The predicted octanol–water partition coefficient (Wildman–Crippen LogP) is 2.77. The first-order chi connectivity index (χ1) is 7.05. The van der Waals surface area contributed by atoms with Crippen molar-refractivity contribution in [3.05, 3.63) is 0 Å². The van der Waals surface area contributed by atoms with Crippen molar-refractivity contribution in [2.75, 3.05) is 13.1 Å². The first kappa shape index (κ1) is 15.1. The molecule has 0 aromatic heterocycles. The molecule has 0 fully saturated rings. The third-order valence-electron chi connectivity index (χ3n) is 1.63. The zero-order valence-electron chi connectivity index (χ0n) is 10.1. The lowest BCUT2D eigenvalue weighted by Gasteiger charge is -2.28. The van der Waals surface area contributed by atoms with Gasteiger partial charge in [0, 0.05) is 12.1 Å². The number of amides is 2. The number of rotatable bonds is 3. The van der Waals surface area contributed by atoms with Gasteiger partial charge >= 0.3 is 12.2 Å². The topological polar surface area (TPSA) is 32.3 Å². The molecule has 0 saturated carbocycles. The molecule has 1 N–H and O–H groups in total. The number of carbonyl (C=O) groups excluding carboxylic acids is 1. The van der Waals surface area contributed by atoms with E-state index in [9.17, 15) is 18.0 Å². The normalized spacial score (nSPS) is 12.4. The van der Waals surface area contributed by atoms with Crippen molar-refractivity contribution >= 4 is 6.03 Å². The predicted molar refractivity (Wildman–Crippen MR) is 56.2 cm³/mol. The van der Waals surface area contributed by atoms with Gasteiger partial charge in [0.15, 0.2) is 0 Å². The zero-order valence-corrected chi connectivity index (χ0v) is 10.1. The molecule has 0 aliphatic carbocycles. The third kappa shape index (κ3) is 7.36. The van der Waals surface area contributed by atoms with E-state index in [-0.39, 0.29) is 6.54 Å². The monoisotopic (exact) mass is 240 g/mol. The summed E-state index contributed by atoms with van der Waals surface area (Å²) in [6.07, 6.45) is -3.86. The fourth-order valence-electron chi connectivity index (χ4n) is 1.14. The number of carbonyl (C=O) groups is 1. The molecule has 0 unspecified atom stereocenters. The number of nitrogens with one attached hydrogen (secondary N) is 1. The van der Waals surface area contributed by atoms with Crippen LogP contribution >= 0.6 is 0 Å². The van der Waals surface area contributed by atoms with Crippen LogP contribution in [0.3, 0.4) is 0 Å². The Kier molecular flexibility index (Phi) is 5.09. The Balaban J connectivity index is 4.47. The molecular weight excluding hydrogens is 221 g/mol. The lowest BCUT2D eigenvalue weighted by Crippen LogP contribution is -2.51. The number of hydrogen-bond acceptors (Lipinski definition) is 1. The van der Waals surface area contributed by atoms with Gasteiger partial charge in [0.25, 0.3) is 0 Å². The summed E-state index contributed by atoms with van der Waals surface area (Å²) in [4.78, 5) is 12.3. The highest BCUT2D eigenvalue weighted by atomic mass is 19.4. The Morgan fingerprint density at radius 3 is 2.06 bits per heavy atom. The quantitative estimate of drug-likeness (QED) is 0.808. The minimum atomic E-state index is -4.36. The van der Waals surface area contributed by atoms with E-state index in [1.165, 1.54) is 0 Å². The van der Waals surface area contributed by atoms with Gasteiger partial charge in [0.05, 0.1) is 0 Å². The second-order valence-corrected chi connectivity index (χ2v) is 4.72. The summed E-state index contributed by atoms with van der Waals surface area (Å²) in [6.45, 7) is 5.80. The molecular formula is C10H19F3N2O. The maximum atomic E-state index is 12.2. The average Bonchev–Trinajstić information content (AvgIpc) is 1.97. The van der Waals surface area contributed by atoms with Crippen LogP contribution in [0, 0.1) is 0 Å². The third-order valence-corrected chi connectivity index (χ3v) is 1.63. The number of hydrogen-bond donors (Lipinski definition) is 1. The van der Waals surface area contributed by atoms with Crippen molar-refractivity contribution in [2.24, 2.45) is 0 Å². The van der Waals surface area contributed by atoms with Crippen LogP contribution in [0.15, 0.2) is 0 Å². The van der Waals surface area contributed by atoms with Gasteiger partial charge in [0.2, 0.25) is 0 Å². The first-order valence-electron chi connectivity index (χ1n) is 5.19. The van der Waals surface area contributed by atoms with Crippen LogP contribution in [0.5, 0.6) is 0 Å². The summed E-state index contributed by atoms with van der Waals surface area (Å²) in [5.74, 6) is 0. The molecule has 3 nitrogen and oxygen atoms in total. The minimum Gasteiger partial charge on any atom is -0.333 e. The van der Waals surface area contributed by atoms with Crippen LogP contribution in [0.1, 0.15) is 34.1 Å². The Hall–Kier alpha value is -0.940. The van der Waals surface area contributed by atoms with E-state index in [0.29, 0.717) is 6.42 Å². The summed E-state index contributed by atoms with van der Waals surface area (Å²) in [5, 5.41) is 2.51. The molecule has 16 heavy (non-hydrogen) atoms. The van der Waals surface area contributed by atoms with E-state index >= 15 is 0 Å². The van der Waals surface area contributed by atoms with Gasteiger partial charge in [0.1, 0.15) is 6.54 Å². The van der Waals surface area contributed by atoms with Crippen molar-refractivity contribution in [1.29, 1.82) is 0 Å². The molecule has 0 bridgehead atoms. The van der Waals surface area contributed by atoms with Crippen LogP contribution in [-0.2, 0) is 0 Å². The van der Waals surface area contributed by atoms with Gasteiger partial charge in [-0.15, -0.1) is 0 Å². The molecule has 0 spiro atoms. The van der Waals surface area contributed by atoms with Crippen molar-refractivity contribution in [1.82, 2.24) is 10.2 Å². The second kappa shape index (κ2) is 5.41. The smallest absolute Gasteiger partial charge is 0.333 e. The molecule has 0 aromatic carbocycles. The van der Waals surface area contributed by atoms with Crippen molar-refractivity contribution < 1.29 is 18.0 Å². The highest BCUT2D eigenvalue weighted by molar-refractivity contribution is 5.75. The van der Waals surface area contributed by atoms with Gasteiger partial charge in [-0.25, -0.2) is 4.79 Å². The maximum Gasteiger partial charge on any atom is 0.406 e. The summed E-state index contributed by atoms with van der Waals surface area (Å²) in [7, 11) is 0. The van der Waals surface area contributed by atoms with Crippen molar-refractivity contribution in [2.45, 2.75) is 45.8 Å². The molecule has 0 heterocycles. The van der Waals surface area contributed by atoms with E-state index < -0.39 is 24.3 Å². The van der Waals surface area contributed by atoms with E-state index in [1.807, 2.05) is 0 Å². The number of nitrogens with zero attached hydrogens (tertiary/aromatic N) is 1. The first-order valence-corrected chi connectivity index (χ1v) is 5.19. The lowest BCUT2D eigenvalue weighted by molar-refractivity contribution is -0.140. The molecule has 0 aromatic rings. The highest BCUT2D eigenvalue weighted by Gasteiger charge is 2.33. The minimum absolute atomic E-state index is 0.0986. The van der Waals surface area contributed by atoms with Crippen LogP contribution in [0.4, 0.5) is 18.0 Å². The SMILES string of the molecule is CCCN(CC(F)(F)F)C(=O)NC(C)(C)C. The maximum absolute atomic E-state index is 12.2. The fraction of sp³-hybridized carbons (Fsp3) is 0.900. The number of halogens is 3. The summed E-state index contributed by atoms with van der Waals surface area (Å²) < 4.78 is 36.6. The van der Waals surface area contributed by atoms with Crippen LogP contribution in [0.2, 0.25) is 0 Å². The van der Waals surface area contributed by atoms with Gasteiger partial charge in [-0.1, -0.05) is 6.92 Å². The summed E-state index contributed by atoms with van der Waals surface area (Å²) in [5.41, 5.74) is -0.533. The lowest BCUT2D eigenvalue weighted by atomic mass is 10.1. The van der Waals surface area contributed by atoms with E-state index in [1.54, 1.807) is 27.7 Å². The van der Waals surface area contributed by atoms with E-state index in [4.69, 9.17) is 0 Å². The second-order valence-electron chi connectivity index (χ2n) is 4.72. The number of alkyl halides is 3. The van der Waals surface area contributed by atoms with Crippen LogP contribution < -0.4 is 5.32 Å². The van der Waals surface area contributed by atoms with Gasteiger partial charge < -0.3 is 10.2 Å². The zero-order chi connectivity index (χ0) is 13.0. The molecule has 0 aliphatic heterocycles. The summed E-state index contributed by atoms with van der Waals surface area (Å²) >= 11 is 0. The molecule has 96 valence electrons. The standard InChI is InChI=1S/C10H19F3N2O/c1-5-6-15(7-10(11,12)13)8(16)14-9(2,3)4/h5-7H2,1-4H3,(H,14,16). The Bertz CT molecular complexity index is 233. The average molecular weight is 240 g/mol. The Morgan fingerprint density at radius 2 is 1.75 bits per heavy atom. The molecule has 0 radical (unpaired) electrons. The largest absolute Gasteiger partial charge is 0.406 e. The Labute approximate surface area is 94.0 Å². The van der Waals surface area contributed by atoms with Gasteiger partial charge in [-0.2, -0.15) is 13.2 Å². The highest BCUT2D eigenvalue weighted by Crippen LogP contribution is 2.17. The van der Waals surface area contributed by atoms with Crippen LogP contribution in [-0.4, -0.2) is 35.7 Å². The molecule has 0 aliphatic rings. The summed E-state index contributed by atoms with van der Waals surface area (Å²) in [6, 6.07) is -0.674. The molecule has 0 saturated heterocycles. The Morgan fingerprint density at radius 1 is 1.25 bits per heavy atom. The molecule has 2 amide bonds. The van der Waals surface area contributed by atoms with E-state index in [2.05, 4.69) is 5.32 Å². The van der Waals surface area contributed by atoms with Gasteiger partial charge in [-0.3, -0.25) is 0 Å². The molecule has 0 atom stereocenters.